The summed E-state index contributed by atoms with van der Waals surface area (Å²) in [5.74, 6) is -20.7. The van der Waals surface area contributed by atoms with E-state index in [1.165, 1.54) is 0 Å². The lowest BCUT2D eigenvalue weighted by Gasteiger charge is -2.45. The third-order valence-corrected chi connectivity index (χ3v) is 9.01. The van der Waals surface area contributed by atoms with Gasteiger partial charge >= 0.3 is 35.9 Å². The molecule has 1 N–H and O–H groups in total. The lowest BCUT2D eigenvalue weighted by Crippen LogP contribution is -2.64. The summed E-state index contributed by atoms with van der Waals surface area (Å²) in [5.41, 5.74) is 3.33. The Morgan fingerprint density at radius 1 is 0.644 bits per heavy atom. The second-order valence-corrected chi connectivity index (χ2v) is 13.2. The van der Waals surface area contributed by atoms with Gasteiger partial charge in [-0.3, -0.25) is 19.2 Å². The second-order valence-electron chi connectivity index (χ2n) is 13.2. The third-order valence-electron chi connectivity index (χ3n) is 9.01. The normalized spacial score (nSPS) is 20.5. The molecule has 316 valence electrons. The minimum Gasteiger partial charge on any atom is -0.463 e. The highest BCUT2D eigenvalue weighted by Crippen LogP contribution is 2.44. The van der Waals surface area contributed by atoms with Crippen molar-refractivity contribution in [2.45, 2.75) is 83.4 Å². The van der Waals surface area contributed by atoms with Gasteiger partial charge in [0.05, 0.1) is 6.10 Å². The Kier molecular flexibility index (Phi) is 13.9. The van der Waals surface area contributed by atoms with Crippen molar-refractivity contribution in [1.82, 2.24) is 5.32 Å². The maximum atomic E-state index is 14.7. The Morgan fingerprint density at radius 2 is 1.14 bits per heavy atom. The Morgan fingerprint density at radius 3 is 1.66 bits per heavy atom. The topological polar surface area (TPSA) is 188 Å². The molecule has 2 unspecified atom stereocenters. The number of amides is 1. The molecule has 2 aliphatic rings. The summed E-state index contributed by atoms with van der Waals surface area (Å²) in [6, 6.07) is 12.3. The zero-order valence-corrected chi connectivity index (χ0v) is 31.8. The van der Waals surface area contributed by atoms with Gasteiger partial charge < -0.3 is 43.2 Å². The summed E-state index contributed by atoms with van der Waals surface area (Å²) in [7, 11) is 0. The van der Waals surface area contributed by atoms with Crippen LogP contribution in [0.1, 0.15) is 51.7 Å². The van der Waals surface area contributed by atoms with Crippen LogP contribution in [0.2, 0.25) is 0 Å². The molecule has 0 bridgehead atoms. The van der Waals surface area contributed by atoms with Gasteiger partial charge in [-0.1, -0.05) is 48.5 Å². The van der Waals surface area contributed by atoms with E-state index in [4.69, 9.17) is 33.2 Å². The van der Waals surface area contributed by atoms with E-state index in [0.29, 0.717) is 0 Å². The van der Waals surface area contributed by atoms with E-state index in [0.717, 1.165) is 56.9 Å². The van der Waals surface area contributed by atoms with Crippen LogP contribution >= 0.6 is 0 Å². The molecule has 0 aromatic heterocycles. The molecular formula is C39H36F5NO14. The van der Waals surface area contributed by atoms with Crippen molar-refractivity contribution in [3.05, 3.63) is 88.7 Å². The average Bonchev–Trinajstić information content (AvgIpc) is 3.50. The maximum Gasteiger partial charge on any atom is 0.407 e. The molecule has 20 heteroatoms. The smallest absolute Gasteiger partial charge is 0.407 e. The van der Waals surface area contributed by atoms with Crippen LogP contribution in [-0.2, 0) is 57.1 Å². The van der Waals surface area contributed by atoms with E-state index in [1.54, 1.807) is 12.1 Å². The van der Waals surface area contributed by atoms with Crippen molar-refractivity contribution in [1.29, 1.82) is 0 Å². The first-order valence-corrected chi connectivity index (χ1v) is 17.7. The standard InChI is InChI=1S/C39H36F5NO14/c1-16(54-38-36(57-20(5)49)35(56-19(4)48)33(55-18(3)47)26(58-38)15-52-17(2)46)32(37(50)59-34-30(43)28(41)27(40)29(42)31(34)44)45-39(51)53-14-25-23-12-8-6-10-21(23)22-11-7-9-13-24(22)25/h6-13,16,25-26,32-33,35-36,38H,14-15H2,1-5H3,(H,45,51)/t16-,26?,32+,33-,35-,36?,38+/m1/s1. The molecule has 1 heterocycles. The van der Waals surface area contributed by atoms with Crippen LogP contribution in [0, 0.1) is 29.1 Å². The van der Waals surface area contributed by atoms with Crippen molar-refractivity contribution in [2.75, 3.05) is 13.2 Å². The van der Waals surface area contributed by atoms with E-state index in [1.807, 2.05) is 36.4 Å². The maximum absolute atomic E-state index is 14.7. The minimum absolute atomic E-state index is 0.325. The van der Waals surface area contributed by atoms with Gasteiger partial charge in [0.25, 0.3) is 0 Å². The summed E-state index contributed by atoms with van der Waals surface area (Å²) in [5, 5.41) is 2.11. The lowest BCUT2D eigenvalue weighted by molar-refractivity contribution is -0.316. The molecule has 1 aliphatic heterocycles. The number of hydrogen-bond donors (Lipinski definition) is 1. The highest BCUT2D eigenvalue weighted by molar-refractivity contribution is 5.84. The van der Waals surface area contributed by atoms with Crippen LogP contribution in [0.3, 0.4) is 0 Å². The van der Waals surface area contributed by atoms with E-state index in [9.17, 15) is 50.7 Å². The van der Waals surface area contributed by atoms with E-state index >= 15 is 0 Å². The molecule has 7 atom stereocenters. The number of alkyl carbamates (subject to hydrolysis) is 1. The van der Waals surface area contributed by atoms with Gasteiger partial charge in [0.15, 0.2) is 30.6 Å². The van der Waals surface area contributed by atoms with Gasteiger partial charge in [0, 0.05) is 33.6 Å². The molecule has 1 amide bonds. The van der Waals surface area contributed by atoms with Crippen molar-refractivity contribution >= 4 is 35.9 Å². The summed E-state index contributed by atoms with van der Waals surface area (Å²) >= 11 is 0. The number of carbonyl (C=O) groups is 6. The number of hydrogen-bond acceptors (Lipinski definition) is 14. The second kappa shape index (κ2) is 18.6. The van der Waals surface area contributed by atoms with Gasteiger partial charge in [0.2, 0.25) is 34.8 Å². The Bertz CT molecular complexity index is 2060. The number of rotatable bonds is 13. The first-order valence-electron chi connectivity index (χ1n) is 17.7. The van der Waals surface area contributed by atoms with E-state index in [-0.39, 0.29) is 6.61 Å². The molecule has 1 fully saturated rings. The SMILES string of the molecule is CC(=O)OCC1O[C@H](O[C@H](C)[C@H](NC(=O)OCC2c3ccccc3-c3ccccc32)C(=O)Oc2c(F)c(F)c(F)c(F)c2F)C(OC(C)=O)[C@H](OC(C)=O)[C@@H]1OC(C)=O. The van der Waals surface area contributed by atoms with Gasteiger partial charge in [-0.15, -0.1) is 0 Å². The molecule has 3 aromatic rings. The summed E-state index contributed by atoms with van der Waals surface area (Å²) in [6.07, 6.45) is -11.9. The molecule has 1 saturated heterocycles. The summed E-state index contributed by atoms with van der Waals surface area (Å²) < 4.78 is 114. The predicted molar refractivity (Wildman–Crippen MR) is 186 cm³/mol. The molecule has 0 spiro atoms. The molecule has 5 rings (SSSR count). The highest BCUT2D eigenvalue weighted by Gasteiger charge is 2.54. The van der Waals surface area contributed by atoms with Crippen LogP contribution in [0.15, 0.2) is 48.5 Å². The molecule has 3 aromatic carbocycles. The van der Waals surface area contributed by atoms with E-state index < -0.39 is 126 Å². The fraction of sp³-hybridized carbons (Fsp3) is 0.385. The predicted octanol–water partition coefficient (Wildman–Crippen LogP) is 4.68. The molecule has 59 heavy (non-hydrogen) atoms. The average molecular weight is 838 g/mol. The molecule has 1 aliphatic carbocycles. The largest absolute Gasteiger partial charge is 0.463 e. The fourth-order valence-electron chi connectivity index (χ4n) is 6.56. The zero-order chi connectivity index (χ0) is 43.3. The quantitative estimate of drug-likeness (QED) is 0.0624. The van der Waals surface area contributed by atoms with E-state index in [2.05, 4.69) is 10.1 Å². The number of halogens is 5. The zero-order valence-electron chi connectivity index (χ0n) is 31.8. The first kappa shape index (κ1) is 44.0. The van der Waals surface area contributed by atoms with Crippen molar-refractivity contribution in [3.63, 3.8) is 0 Å². The summed E-state index contributed by atoms with van der Waals surface area (Å²) in [4.78, 5) is 75.5. The lowest BCUT2D eigenvalue weighted by atomic mass is 9.98. The summed E-state index contributed by atoms with van der Waals surface area (Å²) in [6.45, 7) is 3.93. The molecule has 15 nitrogen and oxygen atoms in total. The van der Waals surface area contributed by atoms with Crippen LogP contribution in [0.5, 0.6) is 5.75 Å². The number of benzene rings is 3. The number of esters is 5. The van der Waals surface area contributed by atoms with Crippen LogP contribution < -0.4 is 10.1 Å². The molecular weight excluding hydrogens is 801 g/mol. The van der Waals surface area contributed by atoms with Gasteiger partial charge in [0.1, 0.15) is 19.3 Å². The van der Waals surface area contributed by atoms with Crippen molar-refractivity contribution < 1.29 is 88.6 Å². The van der Waals surface area contributed by atoms with Gasteiger partial charge in [-0.2, -0.15) is 8.78 Å². The number of fused-ring (bicyclic) bond motifs is 3. The number of carbonyl (C=O) groups excluding carboxylic acids is 6. The van der Waals surface area contributed by atoms with Crippen LogP contribution in [0.4, 0.5) is 26.7 Å². The van der Waals surface area contributed by atoms with Crippen LogP contribution in [0.25, 0.3) is 11.1 Å². The first-order chi connectivity index (χ1) is 27.9. The van der Waals surface area contributed by atoms with Gasteiger partial charge in [-0.25, -0.2) is 22.8 Å². The Balaban J connectivity index is 1.48. The third kappa shape index (κ3) is 9.94. The number of nitrogens with one attached hydrogen (secondary N) is 1. The monoisotopic (exact) mass is 837 g/mol. The fourth-order valence-corrected chi connectivity index (χ4v) is 6.56. The minimum atomic E-state index is -2.55. The Hall–Kier alpha value is -6.15. The highest BCUT2D eigenvalue weighted by atomic mass is 19.2. The Labute approximate surface area is 331 Å². The van der Waals surface area contributed by atoms with Crippen molar-refractivity contribution in [3.8, 4) is 16.9 Å². The molecule has 0 radical (unpaired) electrons. The molecule has 0 saturated carbocycles. The number of ether oxygens (including phenoxy) is 8. The van der Waals surface area contributed by atoms with Crippen molar-refractivity contribution in [2.24, 2.45) is 0 Å². The van der Waals surface area contributed by atoms with Crippen LogP contribution in [-0.4, -0.2) is 92.0 Å². The van der Waals surface area contributed by atoms with Gasteiger partial charge in [-0.05, 0) is 29.2 Å².